The van der Waals surface area contributed by atoms with E-state index in [0.29, 0.717) is 0 Å². The lowest BCUT2D eigenvalue weighted by atomic mass is 9.88. The molecule has 298 valence electrons. The monoisotopic (exact) mass is 772 g/mol. The van der Waals surface area contributed by atoms with Gasteiger partial charge in [0, 0.05) is 0 Å². The largest absolute Gasteiger partial charge is 0.320 e. The van der Waals surface area contributed by atoms with Crippen molar-refractivity contribution in [2.45, 2.75) is 40.2 Å². The van der Waals surface area contributed by atoms with Crippen molar-refractivity contribution in [1.29, 1.82) is 0 Å². The molecule has 0 saturated heterocycles. The summed E-state index contributed by atoms with van der Waals surface area (Å²) in [5, 5.41) is 2.93. The van der Waals surface area contributed by atoms with Gasteiger partial charge in [0.05, 0.1) is 0 Å². The van der Waals surface area contributed by atoms with Crippen molar-refractivity contribution >= 4 is 11.8 Å². The molecule has 7 aromatic rings. The SMILES string of the molecule is C=C/C(=C\C(=C)C)c1ccccc1-c1ccccc1.CC=NC(c1ccccc1)c1ccc(-c2ccccc2)cc1-c1ccccc1.CCNC.CCc1ccccc1. The zero-order valence-corrected chi connectivity index (χ0v) is 35.6. The van der Waals surface area contributed by atoms with Crippen molar-refractivity contribution in [1.82, 2.24) is 5.32 Å². The molecular formula is C57H60N2. The summed E-state index contributed by atoms with van der Waals surface area (Å²) in [6.45, 7) is 17.1. The Bertz CT molecular complexity index is 2310. The molecule has 2 nitrogen and oxygen atoms in total. The van der Waals surface area contributed by atoms with E-state index in [1.807, 2.05) is 51.4 Å². The maximum atomic E-state index is 4.83. The first-order valence-electron chi connectivity index (χ1n) is 20.5. The molecule has 0 amide bonds. The van der Waals surface area contributed by atoms with Crippen LogP contribution in [0.2, 0.25) is 0 Å². The van der Waals surface area contributed by atoms with Crippen LogP contribution in [0.1, 0.15) is 56.0 Å². The maximum absolute atomic E-state index is 4.83. The summed E-state index contributed by atoms with van der Waals surface area (Å²) in [7, 11) is 1.93. The van der Waals surface area contributed by atoms with Gasteiger partial charge in [-0.05, 0) is 107 Å². The first-order chi connectivity index (χ1) is 28.9. The minimum atomic E-state index is -0.0220. The van der Waals surface area contributed by atoms with Crippen LogP contribution in [0.4, 0.5) is 0 Å². The van der Waals surface area contributed by atoms with Crippen molar-refractivity contribution in [3.05, 3.63) is 247 Å². The summed E-state index contributed by atoms with van der Waals surface area (Å²) in [5.41, 5.74) is 14.5. The van der Waals surface area contributed by atoms with Crippen LogP contribution in [0.3, 0.4) is 0 Å². The lowest BCUT2D eigenvalue weighted by Crippen LogP contribution is -2.01. The van der Waals surface area contributed by atoms with Crippen molar-refractivity contribution in [2.75, 3.05) is 13.6 Å². The van der Waals surface area contributed by atoms with Crippen LogP contribution in [-0.4, -0.2) is 19.8 Å². The number of benzene rings is 7. The number of allylic oxidation sites excluding steroid dienone is 4. The fraction of sp³-hybridized carbons (Fsp3) is 0.140. The summed E-state index contributed by atoms with van der Waals surface area (Å²) in [6, 6.07) is 67.6. The summed E-state index contributed by atoms with van der Waals surface area (Å²) in [6.07, 6.45) is 6.99. The first-order valence-corrected chi connectivity index (χ1v) is 20.5. The van der Waals surface area contributed by atoms with Crippen molar-refractivity contribution in [3.63, 3.8) is 0 Å². The Kier molecular flexibility index (Phi) is 19.6. The molecule has 0 heterocycles. The summed E-state index contributed by atoms with van der Waals surface area (Å²) in [5.74, 6) is 0. The van der Waals surface area contributed by atoms with Gasteiger partial charge in [0.25, 0.3) is 0 Å². The van der Waals surface area contributed by atoms with Gasteiger partial charge in [-0.25, -0.2) is 0 Å². The molecule has 1 unspecified atom stereocenters. The molecule has 0 fully saturated rings. The Labute approximate surface area is 355 Å². The number of aliphatic imine (C=N–C) groups is 1. The van der Waals surface area contributed by atoms with Crippen LogP contribution in [0.15, 0.2) is 230 Å². The average Bonchev–Trinajstić information content (AvgIpc) is 3.31. The molecule has 59 heavy (non-hydrogen) atoms. The van der Waals surface area contributed by atoms with E-state index in [2.05, 4.69) is 214 Å². The molecule has 0 aliphatic heterocycles. The highest BCUT2D eigenvalue weighted by atomic mass is 14.8. The van der Waals surface area contributed by atoms with Crippen LogP contribution in [0.5, 0.6) is 0 Å². The third kappa shape index (κ3) is 14.4. The van der Waals surface area contributed by atoms with Crippen molar-refractivity contribution < 1.29 is 0 Å². The Morgan fingerprint density at radius 2 is 1.07 bits per heavy atom. The number of rotatable bonds is 11. The second-order valence-corrected chi connectivity index (χ2v) is 13.9. The molecule has 0 aromatic heterocycles. The van der Waals surface area contributed by atoms with Crippen molar-refractivity contribution in [2.24, 2.45) is 4.99 Å². The predicted molar refractivity (Wildman–Crippen MR) is 260 cm³/mol. The number of nitrogens with one attached hydrogen (secondary N) is 1. The molecule has 1 N–H and O–H groups in total. The van der Waals surface area contributed by atoms with E-state index in [4.69, 9.17) is 4.99 Å². The Morgan fingerprint density at radius 3 is 1.54 bits per heavy atom. The van der Waals surface area contributed by atoms with Gasteiger partial charge < -0.3 is 5.32 Å². The maximum Gasteiger partial charge on any atom is 0.100 e. The van der Waals surface area contributed by atoms with Gasteiger partial charge in [-0.15, -0.1) is 0 Å². The molecule has 7 rings (SSSR count). The Hall–Kier alpha value is -6.61. The molecule has 0 saturated carbocycles. The molecule has 7 aromatic carbocycles. The smallest absolute Gasteiger partial charge is 0.100 e. The molecule has 0 bridgehead atoms. The normalized spacial score (nSPS) is 11.1. The van der Waals surface area contributed by atoms with Crippen LogP contribution >= 0.6 is 0 Å². The van der Waals surface area contributed by atoms with E-state index in [9.17, 15) is 0 Å². The lowest BCUT2D eigenvalue weighted by molar-refractivity contribution is 0.864. The number of aryl methyl sites for hydroxylation is 1. The molecule has 0 aliphatic carbocycles. The topological polar surface area (TPSA) is 24.4 Å². The highest BCUT2D eigenvalue weighted by molar-refractivity contribution is 5.86. The van der Waals surface area contributed by atoms with Crippen LogP contribution < -0.4 is 5.32 Å². The van der Waals surface area contributed by atoms with E-state index in [1.165, 1.54) is 55.6 Å². The van der Waals surface area contributed by atoms with Gasteiger partial charge in [0.15, 0.2) is 0 Å². The molecule has 0 aliphatic rings. The lowest BCUT2D eigenvalue weighted by Gasteiger charge is -2.19. The summed E-state index contributed by atoms with van der Waals surface area (Å²) in [4.78, 5) is 4.83. The quantitative estimate of drug-likeness (QED) is 0.103. The zero-order chi connectivity index (χ0) is 42.1. The van der Waals surface area contributed by atoms with Crippen LogP contribution in [-0.2, 0) is 6.42 Å². The van der Waals surface area contributed by atoms with E-state index in [1.54, 1.807) is 0 Å². The molecule has 1 atom stereocenters. The first kappa shape index (κ1) is 45.1. The fourth-order valence-corrected chi connectivity index (χ4v) is 6.43. The molecule has 2 heteroatoms. The van der Waals surface area contributed by atoms with Gasteiger partial charge in [0.1, 0.15) is 6.04 Å². The fourth-order valence-electron chi connectivity index (χ4n) is 6.43. The highest BCUT2D eigenvalue weighted by Gasteiger charge is 2.18. The number of nitrogens with zero attached hydrogens (tertiary/aromatic N) is 1. The standard InChI is InChI=1S/C27H23N.C19H18.C8H10.C3H9N/c1-2-28-27(23-16-10-5-11-17-23)25-19-18-24(21-12-6-3-7-13-21)20-26(25)22-14-8-4-9-15-22;1-4-16(14-15(2)3)18-12-8-9-13-19(18)17-10-6-5-7-11-17;1-2-8-6-4-3-5-7-8;1-3-4-2/h2-20,27H,1H3;4-14H,1-2H2,3H3;3-7H,2H2,1H3;4H,3H2,1-2H3/b;16-14+;;. The van der Waals surface area contributed by atoms with Gasteiger partial charge in [-0.1, -0.05) is 233 Å². The van der Waals surface area contributed by atoms with E-state index < -0.39 is 0 Å². The third-order valence-electron chi connectivity index (χ3n) is 9.50. The highest BCUT2D eigenvalue weighted by Crippen LogP contribution is 2.37. The van der Waals surface area contributed by atoms with Crippen molar-refractivity contribution in [3.8, 4) is 33.4 Å². The van der Waals surface area contributed by atoms with Gasteiger partial charge >= 0.3 is 0 Å². The molecule has 0 spiro atoms. The summed E-state index contributed by atoms with van der Waals surface area (Å²) < 4.78 is 0. The second-order valence-electron chi connectivity index (χ2n) is 13.9. The average molecular weight is 773 g/mol. The van der Waals surface area contributed by atoms with E-state index >= 15 is 0 Å². The number of hydrogen-bond donors (Lipinski definition) is 1. The Balaban J connectivity index is 0.000000212. The summed E-state index contributed by atoms with van der Waals surface area (Å²) >= 11 is 0. The minimum absolute atomic E-state index is 0.0220. The van der Waals surface area contributed by atoms with Gasteiger partial charge in [-0.3, -0.25) is 4.99 Å². The molecule has 0 radical (unpaired) electrons. The van der Waals surface area contributed by atoms with Gasteiger partial charge in [-0.2, -0.15) is 0 Å². The predicted octanol–water partition coefficient (Wildman–Crippen LogP) is 15.2. The zero-order valence-electron chi connectivity index (χ0n) is 35.6. The Morgan fingerprint density at radius 1 is 0.593 bits per heavy atom. The van der Waals surface area contributed by atoms with Crippen LogP contribution in [0, 0.1) is 0 Å². The van der Waals surface area contributed by atoms with E-state index in [0.717, 1.165) is 24.1 Å². The van der Waals surface area contributed by atoms with Gasteiger partial charge in [0.2, 0.25) is 0 Å². The van der Waals surface area contributed by atoms with E-state index in [-0.39, 0.29) is 6.04 Å². The minimum Gasteiger partial charge on any atom is -0.320 e. The molecular weight excluding hydrogens is 713 g/mol. The van der Waals surface area contributed by atoms with Crippen LogP contribution in [0.25, 0.3) is 39.0 Å². The number of hydrogen-bond acceptors (Lipinski definition) is 2. The third-order valence-corrected chi connectivity index (χ3v) is 9.50. The second kappa shape index (κ2) is 25.6.